The second kappa shape index (κ2) is 11.4. The van der Waals surface area contributed by atoms with Crippen molar-refractivity contribution in [2.24, 2.45) is 0 Å². The molecule has 0 amide bonds. The molecule has 0 atom stereocenters. The van der Waals surface area contributed by atoms with Crippen molar-refractivity contribution in [2.45, 2.75) is 53.4 Å². The minimum atomic E-state index is 0.595. The molecule has 0 unspecified atom stereocenters. The Kier molecular flexibility index (Phi) is 10.7. The van der Waals surface area contributed by atoms with E-state index < -0.39 is 0 Å². The number of halogens is 1. The highest BCUT2D eigenvalue weighted by Gasteiger charge is 1.96. The van der Waals surface area contributed by atoms with Gasteiger partial charge in [0.15, 0.2) is 0 Å². The van der Waals surface area contributed by atoms with Gasteiger partial charge in [-0.05, 0) is 35.1 Å². The zero-order valence-corrected chi connectivity index (χ0v) is 15.0. The van der Waals surface area contributed by atoms with E-state index in [1.165, 1.54) is 11.1 Å². The van der Waals surface area contributed by atoms with E-state index in [1.54, 1.807) is 0 Å². The van der Waals surface area contributed by atoms with Crippen molar-refractivity contribution in [3.05, 3.63) is 70.7 Å². The molecule has 0 fully saturated rings. The minimum Gasteiger partial charge on any atom is -0.0843 e. The molecule has 0 aliphatic heterocycles. The van der Waals surface area contributed by atoms with Gasteiger partial charge in [-0.15, -0.1) is 0 Å². The standard InChI is InChI=1S/C9H11Cl.C9H12.C2H6/c1-7(2)8-3-5-9(10)6-4-8;1-8(2)9-6-4-3-5-7-9;1-2/h3-7H,1-2H3;3-8H,1-2H3;1-2H3. The highest BCUT2D eigenvalue weighted by Crippen LogP contribution is 2.16. The Morgan fingerprint density at radius 2 is 1.00 bits per heavy atom. The van der Waals surface area contributed by atoms with E-state index in [0.717, 1.165) is 5.02 Å². The fourth-order valence-electron chi connectivity index (χ4n) is 1.69. The zero-order valence-electron chi connectivity index (χ0n) is 14.2. The number of hydrogen-bond acceptors (Lipinski definition) is 0. The summed E-state index contributed by atoms with van der Waals surface area (Å²) in [6.45, 7) is 12.7. The molecule has 21 heavy (non-hydrogen) atoms. The van der Waals surface area contributed by atoms with Gasteiger partial charge in [0.2, 0.25) is 0 Å². The molecule has 0 N–H and O–H groups in total. The first-order chi connectivity index (χ1) is 10.0. The van der Waals surface area contributed by atoms with Gasteiger partial charge in [0.25, 0.3) is 0 Å². The molecule has 2 aromatic rings. The van der Waals surface area contributed by atoms with Crippen LogP contribution in [0.1, 0.15) is 64.5 Å². The maximum absolute atomic E-state index is 5.72. The molecule has 0 saturated heterocycles. The van der Waals surface area contributed by atoms with Gasteiger partial charge in [0, 0.05) is 5.02 Å². The van der Waals surface area contributed by atoms with Crippen LogP contribution in [0.3, 0.4) is 0 Å². The summed E-state index contributed by atoms with van der Waals surface area (Å²) in [6, 6.07) is 18.5. The molecule has 0 nitrogen and oxygen atoms in total. The quantitative estimate of drug-likeness (QED) is 0.546. The van der Waals surface area contributed by atoms with Crippen molar-refractivity contribution in [3.8, 4) is 0 Å². The van der Waals surface area contributed by atoms with Crippen LogP contribution in [0.5, 0.6) is 0 Å². The Morgan fingerprint density at radius 3 is 1.33 bits per heavy atom. The molecule has 0 heterocycles. The summed E-state index contributed by atoms with van der Waals surface area (Å²) in [5.74, 6) is 1.25. The van der Waals surface area contributed by atoms with E-state index in [2.05, 4.69) is 64.1 Å². The van der Waals surface area contributed by atoms with Gasteiger partial charge in [-0.2, -0.15) is 0 Å². The smallest absolute Gasteiger partial charge is 0.0406 e. The highest BCUT2D eigenvalue weighted by atomic mass is 35.5. The largest absolute Gasteiger partial charge is 0.0843 e. The van der Waals surface area contributed by atoms with E-state index in [4.69, 9.17) is 11.6 Å². The van der Waals surface area contributed by atoms with Crippen LogP contribution in [0.4, 0.5) is 0 Å². The van der Waals surface area contributed by atoms with E-state index in [-0.39, 0.29) is 0 Å². The summed E-state index contributed by atoms with van der Waals surface area (Å²) in [4.78, 5) is 0. The summed E-state index contributed by atoms with van der Waals surface area (Å²) >= 11 is 5.72. The summed E-state index contributed by atoms with van der Waals surface area (Å²) in [6.07, 6.45) is 0. The topological polar surface area (TPSA) is 0 Å². The maximum Gasteiger partial charge on any atom is 0.0406 e. The second-order valence-corrected chi connectivity index (χ2v) is 5.71. The first-order valence-electron chi connectivity index (χ1n) is 7.81. The lowest BCUT2D eigenvalue weighted by Crippen LogP contribution is -1.84. The van der Waals surface area contributed by atoms with Crippen LogP contribution in [0.2, 0.25) is 5.02 Å². The predicted molar refractivity (Wildman–Crippen MR) is 97.4 cm³/mol. The highest BCUT2D eigenvalue weighted by molar-refractivity contribution is 6.30. The summed E-state index contributed by atoms with van der Waals surface area (Å²) < 4.78 is 0. The van der Waals surface area contributed by atoms with Crippen LogP contribution in [0.25, 0.3) is 0 Å². The molecule has 116 valence electrons. The van der Waals surface area contributed by atoms with Gasteiger partial charge in [0.1, 0.15) is 0 Å². The number of benzene rings is 2. The Labute approximate surface area is 136 Å². The van der Waals surface area contributed by atoms with Gasteiger partial charge < -0.3 is 0 Å². The third kappa shape index (κ3) is 8.57. The molecule has 1 heteroatoms. The SMILES string of the molecule is CC.CC(C)c1ccc(Cl)cc1.CC(C)c1ccccc1. The van der Waals surface area contributed by atoms with Crippen LogP contribution in [-0.4, -0.2) is 0 Å². The zero-order chi connectivity index (χ0) is 16.3. The van der Waals surface area contributed by atoms with Crippen molar-refractivity contribution >= 4 is 11.6 Å². The van der Waals surface area contributed by atoms with Crippen LogP contribution in [0.15, 0.2) is 54.6 Å². The lowest BCUT2D eigenvalue weighted by atomic mass is 10.0. The Hall–Kier alpha value is -1.27. The molecular formula is C20H29Cl. The predicted octanol–water partition coefficient (Wildman–Crippen LogP) is 7.30. The van der Waals surface area contributed by atoms with Gasteiger partial charge in [-0.3, -0.25) is 0 Å². The fourth-order valence-corrected chi connectivity index (χ4v) is 1.81. The number of rotatable bonds is 2. The Bertz CT molecular complexity index is 455. The van der Waals surface area contributed by atoms with Gasteiger partial charge in [-0.1, -0.05) is 95.6 Å². The van der Waals surface area contributed by atoms with Crippen molar-refractivity contribution in [3.63, 3.8) is 0 Å². The second-order valence-electron chi connectivity index (χ2n) is 5.27. The lowest BCUT2D eigenvalue weighted by molar-refractivity contribution is 0.867. The fraction of sp³-hybridized carbons (Fsp3) is 0.400. The van der Waals surface area contributed by atoms with E-state index >= 15 is 0 Å². The van der Waals surface area contributed by atoms with Gasteiger partial charge in [-0.25, -0.2) is 0 Å². The van der Waals surface area contributed by atoms with Gasteiger partial charge in [0.05, 0.1) is 0 Å². The first kappa shape index (κ1) is 19.7. The van der Waals surface area contributed by atoms with Crippen LogP contribution >= 0.6 is 11.6 Å². The maximum atomic E-state index is 5.72. The molecule has 0 spiro atoms. The van der Waals surface area contributed by atoms with E-state index in [0.29, 0.717) is 11.8 Å². The van der Waals surface area contributed by atoms with Crippen molar-refractivity contribution in [1.82, 2.24) is 0 Å². The Morgan fingerprint density at radius 1 is 0.619 bits per heavy atom. The molecule has 0 bridgehead atoms. The molecule has 0 aliphatic rings. The molecule has 2 aromatic carbocycles. The Balaban J connectivity index is 0.000000342. The van der Waals surface area contributed by atoms with Crippen molar-refractivity contribution < 1.29 is 0 Å². The molecule has 0 aromatic heterocycles. The third-order valence-electron chi connectivity index (χ3n) is 3.00. The molecule has 0 radical (unpaired) electrons. The number of hydrogen-bond donors (Lipinski definition) is 0. The van der Waals surface area contributed by atoms with E-state index in [1.807, 2.05) is 32.0 Å². The minimum absolute atomic E-state index is 0.595. The summed E-state index contributed by atoms with van der Waals surface area (Å²) in [7, 11) is 0. The van der Waals surface area contributed by atoms with Crippen molar-refractivity contribution in [2.75, 3.05) is 0 Å². The third-order valence-corrected chi connectivity index (χ3v) is 3.25. The lowest BCUT2D eigenvalue weighted by Gasteiger charge is -2.03. The van der Waals surface area contributed by atoms with Crippen LogP contribution < -0.4 is 0 Å². The molecule has 0 saturated carbocycles. The van der Waals surface area contributed by atoms with Crippen LogP contribution in [0, 0.1) is 0 Å². The monoisotopic (exact) mass is 304 g/mol. The molecular weight excluding hydrogens is 276 g/mol. The van der Waals surface area contributed by atoms with Crippen molar-refractivity contribution in [1.29, 1.82) is 0 Å². The molecule has 2 rings (SSSR count). The summed E-state index contributed by atoms with van der Waals surface area (Å²) in [5.41, 5.74) is 2.75. The molecule has 0 aliphatic carbocycles. The van der Waals surface area contributed by atoms with Crippen LogP contribution in [-0.2, 0) is 0 Å². The van der Waals surface area contributed by atoms with Gasteiger partial charge >= 0.3 is 0 Å². The first-order valence-corrected chi connectivity index (χ1v) is 8.19. The van der Waals surface area contributed by atoms with E-state index in [9.17, 15) is 0 Å². The average molecular weight is 305 g/mol. The summed E-state index contributed by atoms with van der Waals surface area (Å²) in [5, 5.41) is 0.810. The normalized spacial score (nSPS) is 9.57. The average Bonchev–Trinajstić information content (AvgIpc) is 2.51.